The molecule has 3 aromatic carbocycles. The molecule has 68 heavy (non-hydrogen) atoms. The van der Waals surface area contributed by atoms with Gasteiger partial charge in [-0.15, -0.1) is 0 Å². The first-order valence-corrected chi connectivity index (χ1v) is 22.7. The molecule has 0 spiro atoms. The maximum absolute atomic E-state index is 16.1. The average Bonchev–Trinajstić information content (AvgIpc) is 3.25. The second kappa shape index (κ2) is 18.2. The third kappa shape index (κ3) is 8.71. The number of nitrogens with one attached hydrogen (secondary N) is 1. The van der Waals surface area contributed by atoms with Gasteiger partial charge in [-0.3, -0.25) is 9.59 Å². The van der Waals surface area contributed by atoms with Gasteiger partial charge in [-0.25, -0.2) is 19.2 Å². The van der Waals surface area contributed by atoms with Crippen molar-refractivity contribution in [1.82, 2.24) is 5.32 Å². The molecule has 3 aliphatic carbocycles. The van der Waals surface area contributed by atoms with Gasteiger partial charge in [-0.2, -0.15) is 0 Å². The molecule has 11 atom stereocenters. The number of aliphatic hydroxyl groups is 3. The molecule has 364 valence electrons. The fraction of sp³-hybridized carbons (Fsp3) is 0.500. The van der Waals surface area contributed by atoms with Crippen molar-refractivity contribution in [2.75, 3.05) is 6.61 Å². The molecule has 0 radical (unpaired) electrons. The number of Topliss-reactive ketones (excluding diaryl/α,β-unsaturated/α-hetero) is 1. The molecule has 1 heterocycles. The Balaban J connectivity index is 1.44. The Morgan fingerprint density at radius 2 is 1.53 bits per heavy atom. The summed E-state index contributed by atoms with van der Waals surface area (Å²) in [7, 11) is 0. The Morgan fingerprint density at radius 3 is 2.15 bits per heavy atom. The number of alkyl carbamates (subject to hydrolysis) is 1. The standard InChI is InChI=1S/C52H61NO15/c1-27(2)23-34(53-47(61)68-48(5,6)7)39(56)46(60)64-35-25-52(62)43(66-44(58)31-18-12-11-13-19-31)41-50(10,36(55)24-37-51(41,26-63-37)67-29(4)54)42(57)40(38(28(35)3)49(52,8)9)65-45(59)33-22-16-20-30-17-14-15-21-32(30)33/h11-23,34-37,39-41,43,55-56,62H,24-26H2,1-10H3,(H,53,61)/t34-,35-,36-,37+,39+,40+,41-,43-,50+,51-,52+/m0/s1. The van der Waals surface area contributed by atoms with Crippen LogP contribution in [0, 0.1) is 16.7 Å². The monoisotopic (exact) mass is 939 g/mol. The van der Waals surface area contributed by atoms with E-state index in [2.05, 4.69) is 5.32 Å². The summed E-state index contributed by atoms with van der Waals surface area (Å²) in [6.07, 6.45) is -10.4. The molecule has 4 aliphatic rings. The summed E-state index contributed by atoms with van der Waals surface area (Å²) in [5, 5.41) is 41.6. The number of fused-ring (bicyclic) bond motifs is 6. The summed E-state index contributed by atoms with van der Waals surface area (Å²) < 4.78 is 36.5. The quantitative estimate of drug-likeness (QED) is 0.106. The number of ether oxygens (including phenoxy) is 6. The Bertz CT molecular complexity index is 2570. The summed E-state index contributed by atoms with van der Waals surface area (Å²) in [6.45, 7) is 15.2. The average molecular weight is 940 g/mol. The van der Waals surface area contributed by atoms with E-state index in [0.29, 0.717) is 16.3 Å². The fourth-order valence-corrected chi connectivity index (χ4v) is 10.8. The molecule has 2 saturated carbocycles. The van der Waals surface area contributed by atoms with Gasteiger partial charge in [0.2, 0.25) is 0 Å². The molecule has 0 unspecified atom stereocenters. The van der Waals surface area contributed by atoms with E-state index in [9.17, 15) is 39.3 Å². The number of hydrogen-bond acceptors (Lipinski definition) is 15. The van der Waals surface area contributed by atoms with Crippen molar-refractivity contribution >= 4 is 46.5 Å². The van der Waals surface area contributed by atoms with Gasteiger partial charge in [0.1, 0.15) is 29.5 Å². The van der Waals surface area contributed by atoms with Gasteiger partial charge in [0.05, 0.1) is 41.2 Å². The third-order valence-corrected chi connectivity index (χ3v) is 14.2. The fourth-order valence-electron chi connectivity index (χ4n) is 10.8. The Kier molecular flexibility index (Phi) is 13.4. The first kappa shape index (κ1) is 50.0. The van der Waals surface area contributed by atoms with Crippen molar-refractivity contribution < 1.29 is 72.5 Å². The summed E-state index contributed by atoms with van der Waals surface area (Å²) in [5.41, 5.74) is -8.18. The van der Waals surface area contributed by atoms with E-state index in [1.165, 1.54) is 38.1 Å². The number of aliphatic hydroxyl groups excluding tert-OH is 2. The lowest BCUT2D eigenvalue weighted by molar-refractivity contribution is -0.345. The maximum atomic E-state index is 16.1. The highest BCUT2D eigenvalue weighted by molar-refractivity contribution is 6.06. The SMILES string of the molecule is CC(=O)O[C@@]12CO[C@@H]1C[C@H](O)[C@@]1(C)C(=O)[C@H](OC(=O)c3cccc4ccccc34)C3=C(C)[C@@H](OC(=O)[C@H](O)[C@H](C=C(C)C)NC(=O)OC(C)(C)C)C[C@@](O)([C@@H](OC(=O)c4ccccc4)[C@H]21)C3(C)C. The van der Waals surface area contributed by atoms with Crippen LogP contribution < -0.4 is 5.32 Å². The smallest absolute Gasteiger partial charge is 0.408 e. The van der Waals surface area contributed by atoms with Crippen molar-refractivity contribution in [2.45, 2.75) is 142 Å². The molecule has 2 bridgehead atoms. The molecule has 1 saturated heterocycles. The van der Waals surface area contributed by atoms with Crippen LogP contribution in [0.2, 0.25) is 0 Å². The Morgan fingerprint density at radius 1 is 0.882 bits per heavy atom. The van der Waals surface area contributed by atoms with Crippen LogP contribution in [0.15, 0.2) is 95.6 Å². The van der Waals surface area contributed by atoms with Crippen LogP contribution in [-0.4, -0.2) is 117 Å². The van der Waals surface area contributed by atoms with Gasteiger partial charge in [-0.1, -0.05) is 80.1 Å². The second-order valence-corrected chi connectivity index (χ2v) is 20.4. The van der Waals surface area contributed by atoms with Crippen molar-refractivity contribution in [3.63, 3.8) is 0 Å². The van der Waals surface area contributed by atoms with Crippen LogP contribution in [0.5, 0.6) is 0 Å². The second-order valence-electron chi connectivity index (χ2n) is 20.4. The minimum absolute atomic E-state index is 0.0361. The number of rotatable bonds is 10. The number of carbonyl (C=O) groups is 6. The highest BCUT2D eigenvalue weighted by atomic mass is 16.6. The number of amides is 1. The summed E-state index contributed by atoms with van der Waals surface area (Å²) >= 11 is 0. The third-order valence-electron chi connectivity index (χ3n) is 14.2. The minimum Gasteiger partial charge on any atom is -0.456 e. The van der Waals surface area contributed by atoms with E-state index in [4.69, 9.17) is 28.4 Å². The molecule has 16 nitrogen and oxygen atoms in total. The van der Waals surface area contributed by atoms with Gasteiger partial charge in [0.15, 0.2) is 23.6 Å². The zero-order valence-corrected chi connectivity index (χ0v) is 40.0. The van der Waals surface area contributed by atoms with E-state index in [0.717, 1.165) is 6.92 Å². The highest BCUT2D eigenvalue weighted by Crippen LogP contribution is 2.64. The zero-order valence-electron chi connectivity index (χ0n) is 40.0. The largest absolute Gasteiger partial charge is 0.456 e. The van der Waals surface area contributed by atoms with Crippen LogP contribution >= 0.6 is 0 Å². The van der Waals surface area contributed by atoms with Gasteiger partial charge in [-0.05, 0) is 88.6 Å². The van der Waals surface area contributed by atoms with Gasteiger partial charge in [0.25, 0.3) is 0 Å². The molecule has 0 aromatic heterocycles. The Labute approximate surface area is 394 Å². The number of esters is 4. The van der Waals surface area contributed by atoms with Crippen molar-refractivity contribution in [3.05, 3.63) is 107 Å². The predicted molar refractivity (Wildman–Crippen MR) is 245 cm³/mol. The van der Waals surface area contributed by atoms with E-state index in [-0.39, 0.29) is 35.3 Å². The van der Waals surface area contributed by atoms with Crippen LogP contribution in [-0.2, 0) is 42.8 Å². The van der Waals surface area contributed by atoms with Gasteiger partial charge >= 0.3 is 30.0 Å². The number of benzene rings is 3. The molecule has 7 rings (SSSR count). The van der Waals surface area contributed by atoms with Gasteiger partial charge < -0.3 is 49.1 Å². The molecule has 1 aliphatic heterocycles. The zero-order chi connectivity index (χ0) is 49.9. The molecule has 3 fully saturated rings. The maximum Gasteiger partial charge on any atom is 0.408 e. The van der Waals surface area contributed by atoms with Crippen LogP contribution in [0.4, 0.5) is 4.79 Å². The number of allylic oxidation sites excluding steroid dienone is 1. The summed E-state index contributed by atoms with van der Waals surface area (Å²) in [5.74, 6) is -6.43. The molecular weight excluding hydrogens is 879 g/mol. The summed E-state index contributed by atoms with van der Waals surface area (Å²) in [6, 6.07) is 18.5. The number of carbonyl (C=O) groups excluding carboxylic acids is 6. The molecule has 3 aromatic rings. The molecule has 4 N–H and O–H groups in total. The summed E-state index contributed by atoms with van der Waals surface area (Å²) in [4.78, 5) is 85.7. The molecular formula is C52H61NO15. The van der Waals surface area contributed by atoms with E-state index >= 15 is 4.79 Å². The van der Waals surface area contributed by atoms with E-state index in [1.54, 1.807) is 103 Å². The lowest BCUT2D eigenvalue weighted by atomic mass is 9.44. The Hall–Kier alpha value is -5.94. The highest BCUT2D eigenvalue weighted by Gasteiger charge is 2.78. The van der Waals surface area contributed by atoms with E-state index in [1.807, 2.05) is 0 Å². The predicted octanol–water partition coefficient (Wildman–Crippen LogP) is 5.87. The molecule has 16 heteroatoms. The van der Waals surface area contributed by atoms with Crippen LogP contribution in [0.3, 0.4) is 0 Å². The van der Waals surface area contributed by atoms with Crippen molar-refractivity contribution in [2.24, 2.45) is 16.7 Å². The topological polar surface area (TPSA) is 231 Å². The normalized spacial score (nSPS) is 30.3. The van der Waals surface area contributed by atoms with Gasteiger partial charge in [0, 0.05) is 25.2 Å². The number of hydrogen-bond donors (Lipinski definition) is 4. The first-order chi connectivity index (χ1) is 31.8. The lowest BCUT2D eigenvalue weighted by Crippen LogP contribution is -2.82. The first-order valence-electron chi connectivity index (χ1n) is 22.7. The van der Waals surface area contributed by atoms with Crippen molar-refractivity contribution in [3.8, 4) is 0 Å². The van der Waals surface area contributed by atoms with Crippen LogP contribution in [0.1, 0.15) is 103 Å². The van der Waals surface area contributed by atoms with E-state index < -0.39 is 118 Å². The molecule has 1 amide bonds. The van der Waals surface area contributed by atoms with Crippen molar-refractivity contribution in [1.29, 1.82) is 0 Å². The minimum atomic E-state index is -2.45. The lowest BCUT2D eigenvalue weighted by Gasteiger charge is -2.67. The van der Waals surface area contributed by atoms with Crippen LogP contribution in [0.25, 0.3) is 10.8 Å². The number of ketones is 1.